The number of hydrogen-bond donors (Lipinski definition) is 1. The highest BCUT2D eigenvalue weighted by atomic mass is 35.5. The zero-order chi connectivity index (χ0) is 26.4. The van der Waals surface area contributed by atoms with Gasteiger partial charge in [0.25, 0.3) is 0 Å². The van der Waals surface area contributed by atoms with Gasteiger partial charge in [-0.2, -0.15) is 17.5 Å². The lowest BCUT2D eigenvalue weighted by molar-refractivity contribution is -0.126. The van der Waals surface area contributed by atoms with Crippen LogP contribution in [0.25, 0.3) is 0 Å². The molecule has 0 saturated carbocycles. The first kappa shape index (κ1) is 27.3. The second-order valence-electron chi connectivity index (χ2n) is 9.46. The van der Waals surface area contributed by atoms with Crippen molar-refractivity contribution in [1.82, 2.24) is 14.6 Å². The van der Waals surface area contributed by atoms with E-state index in [4.69, 9.17) is 11.6 Å². The van der Waals surface area contributed by atoms with Crippen LogP contribution in [0, 0.1) is 5.41 Å². The van der Waals surface area contributed by atoms with Crippen molar-refractivity contribution in [2.45, 2.75) is 72.1 Å². The molecule has 2 fully saturated rings. The number of nitrogens with one attached hydrogen (secondary N) is 1. The Bertz CT molecular complexity index is 1310. The van der Waals surface area contributed by atoms with E-state index in [2.05, 4.69) is 10.3 Å². The van der Waals surface area contributed by atoms with Gasteiger partial charge in [-0.25, -0.2) is 21.8 Å². The maximum absolute atomic E-state index is 13.9. The average Bonchev–Trinajstić information content (AvgIpc) is 3.11. The second-order valence-corrected chi connectivity index (χ2v) is 13.6. The molecule has 3 heterocycles. The number of alkyl halides is 3. The van der Waals surface area contributed by atoms with Gasteiger partial charge in [0, 0.05) is 29.8 Å². The predicted molar refractivity (Wildman–Crippen MR) is 128 cm³/mol. The van der Waals surface area contributed by atoms with Crippen molar-refractivity contribution in [1.29, 1.82) is 0 Å². The molecule has 2 aliphatic rings. The van der Waals surface area contributed by atoms with Crippen LogP contribution in [0.15, 0.2) is 57.4 Å². The van der Waals surface area contributed by atoms with Gasteiger partial charge in [-0.3, -0.25) is 0 Å². The summed E-state index contributed by atoms with van der Waals surface area (Å²) in [4.78, 5) is 3.05. The molecule has 0 amide bonds. The Hall–Kier alpha value is -1.73. The summed E-state index contributed by atoms with van der Waals surface area (Å²) in [6, 6.07) is 7.06. The average molecular weight is 566 g/mol. The normalized spacial score (nSPS) is 25.2. The molecule has 0 spiro atoms. The van der Waals surface area contributed by atoms with Gasteiger partial charge in [-0.15, -0.1) is 0 Å². The molecule has 0 aliphatic carbocycles. The maximum atomic E-state index is 13.9. The molecule has 2 aliphatic heterocycles. The molecule has 2 saturated heterocycles. The van der Waals surface area contributed by atoms with E-state index in [-0.39, 0.29) is 21.5 Å². The van der Waals surface area contributed by atoms with Crippen LogP contribution in [0.2, 0.25) is 5.02 Å². The van der Waals surface area contributed by atoms with Crippen molar-refractivity contribution in [3.8, 4) is 0 Å². The molecule has 1 N–H and O–H groups in total. The minimum atomic E-state index is -4.33. The van der Waals surface area contributed by atoms with Gasteiger partial charge in [0.1, 0.15) is 4.90 Å². The van der Waals surface area contributed by atoms with Crippen LogP contribution in [0.4, 0.5) is 13.2 Å². The Morgan fingerprint density at radius 2 is 1.75 bits per heavy atom. The Balaban J connectivity index is 1.68. The quantitative estimate of drug-likeness (QED) is 0.509. The minimum Gasteiger partial charge on any atom is -0.308 e. The SMILES string of the molecule is CCC1(CNCC(F)(F)F)CC2CCC(C1)N2S(=O)(=O)c1ccc(Cl)cc1S(=O)(=O)c1ccccn1. The Morgan fingerprint density at radius 3 is 2.31 bits per heavy atom. The lowest BCUT2D eigenvalue weighted by Gasteiger charge is -2.46. The third-order valence-corrected chi connectivity index (χ3v) is 11.3. The third-order valence-electron chi connectivity index (χ3n) is 7.13. The van der Waals surface area contributed by atoms with Gasteiger partial charge in [0.15, 0.2) is 5.03 Å². The van der Waals surface area contributed by atoms with Crippen LogP contribution < -0.4 is 5.32 Å². The Morgan fingerprint density at radius 1 is 1.08 bits per heavy atom. The molecule has 2 atom stereocenters. The molecule has 13 heteroatoms. The fourth-order valence-corrected chi connectivity index (χ4v) is 9.57. The predicted octanol–water partition coefficient (Wildman–Crippen LogP) is 4.43. The van der Waals surface area contributed by atoms with E-state index in [0.717, 1.165) is 6.07 Å². The summed E-state index contributed by atoms with van der Waals surface area (Å²) in [6.45, 7) is 0.922. The molecular weight excluding hydrogens is 539 g/mol. The van der Waals surface area contributed by atoms with Gasteiger partial charge >= 0.3 is 6.18 Å². The lowest BCUT2D eigenvalue weighted by atomic mass is 9.73. The van der Waals surface area contributed by atoms with E-state index in [0.29, 0.717) is 32.1 Å². The van der Waals surface area contributed by atoms with Gasteiger partial charge < -0.3 is 5.32 Å². The Kier molecular flexibility index (Phi) is 7.48. The summed E-state index contributed by atoms with van der Waals surface area (Å²) >= 11 is 6.07. The number of piperidine rings is 1. The van der Waals surface area contributed by atoms with Crippen LogP contribution in [-0.2, 0) is 19.9 Å². The number of aromatic nitrogens is 1. The van der Waals surface area contributed by atoms with Crippen LogP contribution in [0.5, 0.6) is 0 Å². The number of nitrogens with zero attached hydrogens (tertiary/aromatic N) is 2. The topological polar surface area (TPSA) is 96.4 Å². The molecule has 198 valence electrons. The van der Waals surface area contributed by atoms with Crippen molar-refractivity contribution in [2.75, 3.05) is 13.1 Å². The number of benzene rings is 1. The molecule has 0 radical (unpaired) electrons. The molecule has 1 aromatic heterocycles. The monoisotopic (exact) mass is 565 g/mol. The number of sulfone groups is 1. The first-order valence-electron chi connectivity index (χ1n) is 11.6. The summed E-state index contributed by atoms with van der Waals surface area (Å²) < 4.78 is 94.0. The summed E-state index contributed by atoms with van der Waals surface area (Å²) in [6.07, 6.45) is -0.545. The van der Waals surface area contributed by atoms with E-state index in [9.17, 15) is 30.0 Å². The molecule has 36 heavy (non-hydrogen) atoms. The van der Waals surface area contributed by atoms with Gasteiger partial charge in [0.05, 0.1) is 11.4 Å². The van der Waals surface area contributed by atoms with E-state index in [1.165, 1.54) is 34.8 Å². The highest BCUT2D eigenvalue weighted by molar-refractivity contribution is 7.93. The number of pyridine rings is 1. The lowest BCUT2D eigenvalue weighted by Crippen LogP contribution is -2.53. The largest absolute Gasteiger partial charge is 0.401 e. The molecule has 2 unspecified atom stereocenters. The smallest absolute Gasteiger partial charge is 0.308 e. The number of fused-ring (bicyclic) bond motifs is 2. The molecule has 1 aromatic carbocycles. The zero-order valence-electron chi connectivity index (χ0n) is 19.5. The summed E-state index contributed by atoms with van der Waals surface area (Å²) in [5.74, 6) is 0. The van der Waals surface area contributed by atoms with E-state index >= 15 is 0 Å². The Labute approximate surface area is 214 Å². The van der Waals surface area contributed by atoms with E-state index < -0.39 is 55.0 Å². The molecular formula is C23H27ClF3N3O4S2. The minimum absolute atomic E-state index is 0.0609. The fourth-order valence-electron chi connectivity index (χ4n) is 5.46. The summed E-state index contributed by atoms with van der Waals surface area (Å²) in [5.41, 5.74) is -0.480. The summed E-state index contributed by atoms with van der Waals surface area (Å²) in [5, 5.41) is 2.26. The maximum Gasteiger partial charge on any atom is 0.401 e. The van der Waals surface area contributed by atoms with Crippen LogP contribution in [0.3, 0.4) is 0 Å². The van der Waals surface area contributed by atoms with E-state index in [1.807, 2.05) is 6.92 Å². The standard InChI is InChI=1S/C23H27ClF3N3O4S2/c1-2-22(14-28-15-23(25,26)27)12-17-7-8-18(13-22)30(17)36(33,34)19-9-6-16(24)11-20(19)35(31,32)21-5-3-4-10-29-21/h3-6,9-11,17-18,28H,2,7-8,12-15H2,1H3. The first-order valence-corrected chi connectivity index (χ1v) is 14.9. The fraction of sp³-hybridized carbons (Fsp3) is 0.522. The highest BCUT2D eigenvalue weighted by Gasteiger charge is 2.52. The third kappa shape index (κ3) is 5.28. The van der Waals surface area contributed by atoms with Gasteiger partial charge in [0.2, 0.25) is 19.9 Å². The number of sulfonamides is 1. The van der Waals surface area contributed by atoms with E-state index in [1.54, 1.807) is 6.07 Å². The highest BCUT2D eigenvalue weighted by Crippen LogP contribution is 2.49. The number of halogens is 4. The van der Waals surface area contributed by atoms with Crippen molar-refractivity contribution in [3.05, 3.63) is 47.6 Å². The molecule has 2 aromatic rings. The summed E-state index contributed by atoms with van der Waals surface area (Å²) in [7, 11) is -8.57. The van der Waals surface area contributed by atoms with Gasteiger partial charge in [-0.05, 0) is 67.9 Å². The number of rotatable bonds is 8. The van der Waals surface area contributed by atoms with Crippen LogP contribution >= 0.6 is 11.6 Å². The first-order chi connectivity index (χ1) is 16.8. The van der Waals surface area contributed by atoms with Crippen molar-refractivity contribution in [2.24, 2.45) is 5.41 Å². The molecule has 7 nitrogen and oxygen atoms in total. The molecule has 2 bridgehead atoms. The zero-order valence-corrected chi connectivity index (χ0v) is 21.9. The van der Waals surface area contributed by atoms with Crippen molar-refractivity contribution >= 4 is 31.5 Å². The van der Waals surface area contributed by atoms with Crippen molar-refractivity contribution < 1.29 is 30.0 Å². The van der Waals surface area contributed by atoms with Gasteiger partial charge in [-0.1, -0.05) is 24.6 Å². The molecule has 4 rings (SSSR count). The van der Waals surface area contributed by atoms with Crippen LogP contribution in [0.1, 0.15) is 39.0 Å². The number of hydrogen-bond acceptors (Lipinski definition) is 6. The van der Waals surface area contributed by atoms with Crippen LogP contribution in [-0.4, -0.2) is 57.5 Å². The van der Waals surface area contributed by atoms with Crippen molar-refractivity contribution in [3.63, 3.8) is 0 Å². The second kappa shape index (κ2) is 9.86.